The number of thiophene rings is 1. The minimum atomic E-state index is -0.370. The third kappa shape index (κ3) is 4.46. The highest BCUT2D eigenvalue weighted by atomic mass is 35.5. The standard InChI is InChI=1S/C23H23ClN2O3S2/c1-13(12-29-3)25-23(28)22-17-11-21(19-5-4-8-30-19)31-20-10-15(24)6-7-16(20)26(17)14(2)9-18(22)27/h4-10,13,21H,11-12H2,1-3H3,(H,25,28). The molecule has 2 aromatic heterocycles. The molecule has 1 amide bonds. The van der Waals surface area contributed by atoms with E-state index in [1.165, 1.54) is 10.9 Å². The topological polar surface area (TPSA) is 60.3 Å². The summed E-state index contributed by atoms with van der Waals surface area (Å²) in [6.07, 6.45) is 0.551. The zero-order valence-electron chi connectivity index (χ0n) is 17.5. The number of halogens is 1. The molecule has 2 atom stereocenters. The van der Waals surface area contributed by atoms with Gasteiger partial charge < -0.3 is 14.6 Å². The van der Waals surface area contributed by atoms with E-state index in [0.717, 1.165) is 22.0 Å². The monoisotopic (exact) mass is 474 g/mol. The Balaban J connectivity index is 1.92. The number of carbonyl (C=O) groups excluding carboxylic acids is 1. The second-order valence-corrected chi connectivity index (χ2v) is 10.2. The van der Waals surface area contributed by atoms with E-state index in [1.807, 2.05) is 48.1 Å². The van der Waals surface area contributed by atoms with E-state index in [4.69, 9.17) is 16.3 Å². The van der Waals surface area contributed by atoms with Crippen molar-refractivity contribution in [3.05, 3.63) is 78.9 Å². The zero-order valence-corrected chi connectivity index (χ0v) is 19.9. The number of nitrogens with zero attached hydrogens (tertiary/aromatic N) is 1. The van der Waals surface area contributed by atoms with Crippen LogP contribution in [-0.2, 0) is 11.2 Å². The predicted molar refractivity (Wildman–Crippen MR) is 127 cm³/mol. The summed E-state index contributed by atoms with van der Waals surface area (Å²) in [4.78, 5) is 28.4. The van der Waals surface area contributed by atoms with E-state index in [-0.39, 0.29) is 28.2 Å². The Morgan fingerprint density at radius 1 is 1.35 bits per heavy atom. The van der Waals surface area contributed by atoms with Gasteiger partial charge in [-0.2, -0.15) is 0 Å². The fourth-order valence-corrected chi connectivity index (χ4v) is 6.40. The minimum absolute atomic E-state index is 0.0649. The van der Waals surface area contributed by atoms with Crippen molar-refractivity contribution < 1.29 is 9.53 Å². The average Bonchev–Trinajstić information content (AvgIpc) is 3.18. The summed E-state index contributed by atoms with van der Waals surface area (Å²) < 4.78 is 7.16. The molecule has 0 radical (unpaired) electrons. The molecule has 1 N–H and O–H groups in total. The normalized spacial score (nSPS) is 16.2. The molecule has 0 aliphatic carbocycles. The number of methoxy groups -OCH3 is 1. The van der Waals surface area contributed by atoms with E-state index < -0.39 is 0 Å². The van der Waals surface area contributed by atoms with Gasteiger partial charge in [0.15, 0.2) is 5.43 Å². The van der Waals surface area contributed by atoms with E-state index in [2.05, 4.69) is 11.4 Å². The number of aromatic nitrogens is 1. The number of rotatable bonds is 5. The molecule has 31 heavy (non-hydrogen) atoms. The largest absolute Gasteiger partial charge is 0.383 e. The smallest absolute Gasteiger partial charge is 0.257 e. The van der Waals surface area contributed by atoms with Crippen LogP contribution in [-0.4, -0.2) is 30.2 Å². The second kappa shape index (κ2) is 9.20. The number of pyridine rings is 1. The van der Waals surface area contributed by atoms with Crippen LogP contribution in [0, 0.1) is 6.92 Å². The molecule has 8 heteroatoms. The van der Waals surface area contributed by atoms with Gasteiger partial charge in [0.25, 0.3) is 5.91 Å². The quantitative estimate of drug-likeness (QED) is 0.564. The van der Waals surface area contributed by atoms with Crippen LogP contribution in [0.5, 0.6) is 0 Å². The van der Waals surface area contributed by atoms with Crippen molar-refractivity contribution in [2.45, 2.75) is 36.5 Å². The molecule has 3 aromatic rings. The Bertz CT molecular complexity index is 1170. The lowest BCUT2D eigenvalue weighted by Crippen LogP contribution is -2.39. The van der Waals surface area contributed by atoms with E-state index >= 15 is 0 Å². The molecule has 1 aromatic carbocycles. The number of hydrogen-bond acceptors (Lipinski definition) is 5. The molecular formula is C23H23ClN2O3S2. The lowest BCUT2D eigenvalue weighted by atomic mass is 10.0. The van der Waals surface area contributed by atoms with Crippen molar-refractivity contribution in [2.75, 3.05) is 13.7 Å². The van der Waals surface area contributed by atoms with Crippen LogP contribution < -0.4 is 10.7 Å². The number of ether oxygens (including phenoxy) is 1. The zero-order chi connectivity index (χ0) is 22.1. The molecule has 0 fully saturated rings. The first-order valence-electron chi connectivity index (χ1n) is 9.94. The summed E-state index contributed by atoms with van der Waals surface area (Å²) in [5.41, 5.74) is 2.37. The van der Waals surface area contributed by atoms with E-state index in [0.29, 0.717) is 18.1 Å². The number of thioether (sulfide) groups is 1. The van der Waals surface area contributed by atoms with Crippen molar-refractivity contribution >= 4 is 40.6 Å². The molecule has 5 nitrogen and oxygen atoms in total. The van der Waals surface area contributed by atoms with Crippen LogP contribution in [0.3, 0.4) is 0 Å². The van der Waals surface area contributed by atoms with Gasteiger partial charge in [-0.1, -0.05) is 17.7 Å². The van der Waals surface area contributed by atoms with Gasteiger partial charge in [-0.25, -0.2) is 0 Å². The van der Waals surface area contributed by atoms with E-state index in [9.17, 15) is 9.59 Å². The number of benzene rings is 1. The fraction of sp³-hybridized carbons (Fsp3) is 0.304. The van der Waals surface area contributed by atoms with Crippen molar-refractivity contribution in [2.24, 2.45) is 0 Å². The van der Waals surface area contributed by atoms with Gasteiger partial charge in [-0.15, -0.1) is 23.1 Å². The predicted octanol–water partition coefficient (Wildman–Crippen LogP) is 5.02. The van der Waals surface area contributed by atoms with Gasteiger partial charge in [0, 0.05) is 57.1 Å². The van der Waals surface area contributed by atoms with Gasteiger partial charge >= 0.3 is 0 Å². The van der Waals surface area contributed by atoms with Crippen molar-refractivity contribution in [1.29, 1.82) is 0 Å². The SMILES string of the molecule is COCC(C)NC(=O)c1c2n(c(C)cc1=O)-c1ccc(Cl)cc1SC(c1cccs1)C2. The molecule has 2 unspecified atom stereocenters. The highest BCUT2D eigenvalue weighted by Gasteiger charge is 2.30. The van der Waals surface area contributed by atoms with Gasteiger partial charge in [0.05, 0.1) is 12.3 Å². The maximum atomic E-state index is 13.2. The van der Waals surface area contributed by atoms with Crippen LogP contribution in [0.2, 0.25) is 5.02 Å². The highest BCUT2D eigenvalue weighted by molar-refractivity contribution is 7.99. The van der Waals surface area contributed by atoms with Gasteiger partial charge in [-0.3, -0.25) is 9.59 Å². The molecule has 0 saturated carbocycles. The number of aryl methyl sites for hydroxylation is 1. The van der Waals surface area contributed by atoms with Gasteiger partial charge in [-0.05, 0) is 43.5 Å². The van der Waals surface area contributed by atoms with Crippen LogP contribution >= 0.6 is 34.7 Å². The van der Waals surface area contributed by atoms with Gasteiger partial charge in [0.1, 0.15) is 5.56 Å². The minimum Gasteiger partial charge on any atom is -0.383 e. The summed E-state index contributed by atoms with van der Waals surface area (Å²) in [7, 11) is 1.58. The van der Waals surface area contributed by atoms with Crippen molar-refractivity contribution in [3.8, 4) is 5.69 Å². The lowest BCUT2D eigenvalue weighted by molar-refractivity contribution is 0.0902. The van der Waals surface area contributed by atoms with Crippen molar-refractivity contribution in [1.82, 2.24) is 9.88 Å². The lowest BCUT2D eigenvalue weighted by Gasteiger charge is -2.21. The second-order valence-electron chi connectivity index (χ2n) is 7.58. The first kappa shape index (κ1) is 22.1. The molecular weight excluding hydrogens is 452 g/mol. The maximum Gasteiger partial charge on any atom is 0.257 e. The summed E-state index contributed by atoms with van der Waals surface area (Å²) in [5, 5.41) is 5.67. The first-order valence-corrected chi connectivity index (χ1v) is 12.1. The Labute approximate surface area is 194 Å². The van der Waals surface area contributed by atoms with Crippen LogP contribution in [0.25, 0.3) is 5.69 Å². The molecule has 1 aliphatic heterocycles. The molecule has 0 bridgehead atoms. The Morgan fingerprint density at radius 3 is 2.87 bits per heavy atom. The van der Waals surface area contributed by atoms with Crippen molar-refractivity contribution in [3.63, 3.8) is 0 Å². The van der Waals surface area contributed by atoms with E-state index in [1.54, 1.807) is 30.2 Å². The third-order valence-electron chi connectivity index (χ3n) is 5.19. The summed E-state index contributed by atoms with van der Waals surface area (Å²) in [6, 6.07) is 11.2. The number of nitrogens with one attached hydrogen (secondary N) is 1. The summed E-state index contributed by atoms with van der Waals surface area (Å²) in [5.74, 6) is -0.370. The van der Waals surface area contributed by atoms with Gasteiger partial charge in [0.2, 0.25) is 0 Å². The third-order valence-corrected chi connectivity index (χ3v) is 7.85. The Hall–Kier alpha value is -2.06. The molecule has 0 spiro atoms. The molecule has 3 heterocycles. The highest BCUT2D eigenvalue weighted by Crippen LogP contribution is 2.46. The number of amides is 1. The Kier molecular flexibility index (Phi) is 6.57. The molecule has 0 saturated heterocycles. The fourth-order valence-electron chi connectivity index (χ4n) is 3.92. The first-order chi connectivity index (χ1) is 14.9. The summed E-state index contributed by atoms with van der Waals surface area (Å²) >= 11 is 9.71. The van der Waals surface area contributed by atoms with Crippen LogP contribution in [0.15, 0.2) is 51.5 Å². The number of hydrogen-bond donors (Lipinski definition) is 1. The van der Waals surface area contributed by atoms with Crippen LogP contribution in [0.4, 0.5) is 0 Å². The van der Waals surface area contributed by atoms with Crippen LogP contribution in [0.1, 0.15) is 38.8 Å². The Morgan fingerprint density at radius 2 is 2.16 bits per heavy atom. The molecule has 4 rings (SSSR count). The maximum absolute atomic E-state index is 13.2. The average molecular weight is 475 g/mol. The number of carbonyl (C=O) groups is 1. The summed E-state index contributed by atoms with van der Waals surface area (Å²) in [6.45, 7) is 4.12. The molecule has 162 valence electrons. The number of fused-ring (bicyclic) bond motifs is 3. The molecule has 1 aliphatic rings.